The predicted molar refractivity (Wildman–Crippen MR) is 104 cm³/mol. The Kier molecular flexibility index (Phi) is 5.08. The van der Waals surface area contributed by atoms with E-state index in [-0.39, 0.29) is 0 Å². The largest absolute Gasteiger partial charge is 0.329 e. The normalized spacial score (nSPS) is 10.8. The summed E-state index contributed by atoms with van der Waals surface area (Å²) in [5.41, 5.74) is 5.71. The van der Waals surface area contributed by atoms with E-state index in [0.717, 1.165) is 27.5 Å². The fourth-order valence-electron chi connectivity index (χ4n) is 2.64. The first-order chi connectivity index (χ1) is 12.6. The average molecular weight is 345 g/mol. The molecule has 26 heavy (non-hydrogen) atoms. The van der Waals surface area contributed by atoms with Crippen molar-refractivity contribution in [2.24, 2.45) is 5.10 Å². The monoisotopic (exact) mass is 345 g/mol. The van der Waals surface area contributed by atoms with Crippen molar-refractivity contribution in [3.63, 3.8) is 0 Å². The molecule has 0 aromatic heterocycles. The highest BCUT2D eigenvalue weighted by Crippen LogP contribution is 2.18. The highest BCUT2D eigenvalue weighted by molar-refractivity contribution is 6.39. The molecule has 5 nitrogen and oxygen atoms in total. The van der Waals surface area contributed by atoms with Crippen LogP contribution in [-0.2, 0) is 9.59 Å². The Morgan fingerprint density at radius 2 is 1.62 bits per heavy atom. The maximum Gasteiger partial charge on any atom is 0.329 e. The number of carbonyl (C=O) groups excluding carboxylic acids is 2. The van der Waals surface area contributed by atoms with Gasteiger partial charge in [0.25, 0.3) is 0 Å². The summed E-state index contributed by atoms with van der Waals surface area (Å²) in [6.45, 7) is 3.83. The molecule has 0 spiro atoms. The molecule has 2 N–H and O–H groups in total. The summed E-state index contributed by atoms with van der Waals surface area (Å²) in [5.74, 6) is -1.57. The molecule has 2 amide bonds. The zero-order chi connectivity index (χ0) is 18.5. The Hall–Kier alpha value is -3.47. The molecule has 0 aliphatic rings. The number of hydrogen-bond acceptors (Lipinski definition) is 3. The van der Waals surface area contributed by atoms with Crippen LogP contribution in [0, 0.1) is 13.8 Å². The summed E-state index contributed by atoms with van der Waals surface area (Å²) < 4.78 is 0. The van der Waals surface area contributed by atoms with E-state index in [1.54, 1.807) is 6.07 Å². The minimum absolute atomic E-state index is 0.614. The third-order valence-corrected chi connectivity index (χ3v) is 4.25. The summed E-state index contributed by atoms with van der Waals surface area (Å²) in [7, 11) is 0. The van der Waals surface area contributed by atoms with Crippen LogP contribution in [-0.4, -0.2) is 18.0 Å². The molecule has 130 valence electrons. The Labute approximate surface area is 151 Å². The van der Waals surface area contributed by atoms with Crippen LogP contribution in [0.3, 0.4) is 0 Å². The van der Waals surface area contributed by atoms with Gasteiger partial charge in [-0.15, -0.1) is 0 Å². The highest BCUT2D eigenvalue weighted by Gasteiger charge is 2.14. The van der Waals surface area contributed by atoms with E-state index >= 15 is 0 Å². The number of hydrogen-bond donors (Lipinski definition) is 2. The van der Waals surface area contributed by atoms with Crippen molar-refractivity contribution in [3.05, 3.63) is 77.4 Å². The first kappa shape index (κ1) is 17.4. The van der Waals surface area contributed by atoms with Gasteiger partial charge in [-0.3, -0.25) is 9.59 Å². The Morgan fingerprint density at radius 3 is 2.46 bits per heavy atom. The maximum atomic E-state index is 12.0. The van der Waals surface area contributed by atoms with Gasteiger partial charge >= 0.3 is 11.8 Å². The second-order valence-corrected chi connectivity index (χ2v) is 5.97. The van der Waals surface area contributed by atoms with Gasteiger partial charge in [0.15, 0.2) is 0 Å². The van der Waals surface area contributed by atoms with Crippen molar-refractivity contribution >= 4 is 34.5 Å². The van der Waals surface area contributed by atoms with Crippen molar-refractivity contribution in [1.29, 1.82) is 0 Å². The topological polar surface area (TPSA) is 70.6 Å². The predicted octanol–water partition coefficient (Wildman–Crippen LogP) is 3.55. The van der Waals surface area contributed by atoms with Crippen molar-refractivity contribution in [3.8, 4) is 0 Å². The van der Waals surface area contributed by atoms with E-state index in [9.17, 15) is 9.59 Å². The maximum absolute atomic E-state index is 12.0. The van der Waals surface area contributed by atoms with E-state index < -0.39 is 11.8 Å². The molecule has 0 heterocycles. The summed E-state index contributed by atoms with van der Waals surface area (Å²) in [4.78, 5) is 24.0. The van der Waals surface area contributed by atoms with E-state index in [1.807, 2.05) is 68.4 Å². The van der Waals surface area contributed by atoms with E-state index in [1.165, 1.54) is 6.21 Å². The molecule has 0 unspecified atom stereocenters. The van der Waals surface area contributed by atoms with Gasteiger partial charge in [0.2, 0.25) is 0 Å². The Morgan fingerprint density at radius 1 is 0.885 bits per heavy atom. The summed E-state index contributed by atoms with van der Waals surface area (Å²) in [6, 6.07) is 19.2. The minimum atomic E-state index is -0.817. The lowest BCUT2D eigenvalue weighted by atomic mass is 10.1. The molecule has 0 saturated heterocycles. The van der Waals surface area contributed by atoms with Gasteiger partial charge in [0, 0.05) is 11.3 Å². The number of amides is 2. The van der Waals surface area contributed by atoms with Crippen molar-refractivity contribution < 1.29 is 9.59 Å². The van der Waals surface area contributed by atoms with Crippen LogP contribution in [0.15, 0.2) is 65.8 Å². The number of carbonyl (C=O) groups is 2. The van der Waals surface area contributed by atoms with E-state index in [0.29, 0.717) is 5.69 Å². The van der Waals surface area contributed by atoms with Gasteiger partial charge < -0.3 is 5.32 Å². The average Bonchev–Trinajstić information content (AvgIpc) is 2.65. The number of fused-ring (bicyclic) bond motifs is 1. The van der Waals surface area contributed by atoms with Gasteiger partial charge in [0.1, 0.15) is 0 Å². The van der Waals surface area contributed by atoms with Crippen LogP contribution < -0.4 is 10.7 Å². The van der Waals surface area contributed by atoms with Gasteiger partial charge in [0.05, 0.1) is 6.21 Å². The van der Waals surface area contributed by atoms with Crippen LogP contribution in [0.2, 0.25) is 0 Å². The van der Waals surface area contributed by atoms with Crippen molar-refractivity contribution in [2.45, 2.75) is 13.8 Å². The zero-order valence-electron chi connectivity index (χ0n) is 14.6. The van der Waals surface area contributed by atoms with Gasteiger partial charge in [-0.05, 0) is 41.8 Å². The third-order valence-electron chi connectivity index (χ3n) is 4.25. The number of nitrogens with one attached hydrogen (secondary N) is 2. The SMILES string of the molecule is Cc1cccc(NC(=O)C(=O)N/N=C\c2cccc3ccccc23)c1C. The molecule has 0 radical (unpaired) electrons. The smallest absolute Gasteiger partial charge is 0.317 e. The number of anilines is 1. The fourth-order valence-corrected chi connectivity index (χ4v) is 2.64. The zero-order valence-corrected chi connectivity index (χ0v) is 14.6. The van der Waals surface area contributed by atoms with E-state index in [2.05, 4.69) is 15.8 Å². The molecule has 3 rings (SSSR count). The summed E-state index contributed by atoms with van der Waals surface area (Å²) in [5, 5.41) is 8.61. The number of nitrogens with zero attached hydrogens (tertiary/aromatic N) is 1. The standard InChI is InChI=1S/C21H19N3O2/c1-14-7-5-12-19(15(14)2)23-20(25)21(26)24-22-13-17-10-6-9-16-8-3-4-11-18(16)17/h3-13H,1-2H3,(H,23,25)(H,24,26)/b22-13-. The van der Waals surface area contributed by atoms with Crippen LogP contribution in [0.1, 0.15) is 16.7 Å². The first-order valence-electron chi connectivity index (χ1n) is 8.24. The molecule has 0 aliphatic heterocycles. The second kappa shape index (κ2) is 7.61. The number of benzene rings is 3. The molecule has 0 atom stereocenters. The Bertz CT molecular complexity index is 1000. The third kappa shape index (κ3) is 3.78. The number of aryl methyl sites for hydroxylation is 1. The van der Waals surface area contributed by atoms with Gasteiger partial charge in [-0.1, -0.05) is 54.6 Å². The highest BCUT2D eigenvalue weighted by atomic mass is 16.2. The lowest BCUT2D eigenvalue weighted by Gasteiger charge is -2.09. The molecule has 0 aliphatic carbocycles. The summed E-state index contributed by atoms with van der Waals surface area (Å²) >= 11 is 0. The fraction of sp³-hybridized carbons (Fsp3) is 0.0952. The van der Waals surface area contributed by atoms with Crippen LogP contribution in [0.5, 0.6) is 0 Å². The Balaban J connectivity index is 1.67. The molecule has 3 aromatic carbocycles. The molecular weight excluding hydrogens is 326 g/mol. The summed E-state index contributed by atoms with van der Waals surface area (Å²) in [6.07, 6.45) is 1.53. The molecule has 0 bridgehead atoms. The lowest BCUT2D eigenvalue weighted by molar-refractivity contribution is -0.136. The number of hydrazone groups is 1. The lowest BCUT2D eigenvalue weighted by Crippen LogP contribution is -2.32. The minimum Gasteiger partial charge on any atom is -0.317 e. The molecular formula is C21H19N3O2. The number of rotatable bonds is 3. The molecule has 5 heteroatoms. The van der Waals surface area contributed by atoms with Crippen LogP contribution in [0.25, 0.3) is 10.8 Å². The van der Waals surface area contributed by atoms with Crippen molar-refractivity contribution in [2.75, 3.05) is 5.32 Å². The van der Waals surface area contributed by atoms with Crippen LogP contribution in [0.4, 0.5) is 5.69 Å². The van der Waals surface area contributed by atoms with Gasteiger partial charge in [-0.25, -0.2) is 5.43 Å². The van der Waals surface area contributed by atoms with Gasteiger partial charge in [-0.2, -0.15) is 5.10 Å². The first-order valence-corrected chi connectivity index (χ1v) is 8.24. The molecule has 3 aromatic rings. The molecule has 0 saturated carbocycles. The quantitative estimate of drug-likeness (QED) is 0.433. The van der Waals surface area contributed by atoms with Crippen molar-refractivity contribution in [1.82, 2.24) is 5.43 Å². The van der Waals surface area contributed by atoms with E-state index in [4.69, 9.17) is 0 Å². The molecule has 0 fully saturated rings. The second-order valence-electron chi connectivity index (χ2n) is 5.97. The van der Waals surface area contributed by atoms with Crippen LogP contribution >= 0.6 is 0 Å².